The summed E-state index contributed by atoms with van der Waals surface area (Å²) in [5, 5.41) is 0.912. The number of ether oxygens (including phenoxy) is 1. The van der Waals surface area contributed by atoms with Gasteiger partial charge in [-0.05, 0) is 147 Å². The van der Waals surface area contributed by atoms with Crippen molar-refractivity contribution < 1.29 is 48.0 Å². The summed E-state index contributed by atoms with van der Waals surface area (Å²) >= 11 is 0. The van der Waals surface area contributed by atoms with Crippen LogP contribution in [-0.4, -0.2) is 15.0 Å². The second kappa shape index (κ2) is 16.4. The van der Waals surface area contributed by atoms with Crippen LogP contribution in [0.5, 0.6) is 11.5 Å². The van der Waals surface area contributed by atoms with E-state index >= 15 is 0 Å². The van der Waals surface area contributed by atoms with Crippen molar-refractivity contribution >= 4 is 22.1 Å². The molecule has 0 aliphatic heterocycles. The van der Waals surface area contributed by atoms with Crippen molar-refractivity contribution in [1.82, 2.24) is 15.0 Å². The predicted octanol–water partition coefficient (Wildman–Crippen LogP) is 14.8. The Balaban J connectivity index is 0.00000711. The van der Waals surface area contributed by atoms with Gasteiger partial charge in [0.1, 0.15) is 0 Å². The van der Waals surface area contributed by atoms with Gasteiger partial charge < -0.3 is 19.1 Å². The van der Waals surface area contributed by atoms with Crippen LogP contribution >= 0.6 is 0 Å². The zero-order valence-electron chi connectivity index (χ0n) is 47.6. The minimum atomic E-state index is -2.84. The molecule has 7 aromatic rings. The van der Waals surface area contributed by atoms with Gasteiger partial charge in [-0.1, -0.05) is 123 Å². The van der Waals surface area contributed by atoms with Gasteiger partial charge in [-0.25, -0.2) is 4.98 Å². The number of furan rings is 1. The van der Waals surface area contributed by atoms with E-state index in [4.69, 9.17) is 30.6 Å². The first-order valence-electron chi connectivity index (χ1n) is 27.1. The van der Waals surface area contributed by atoms with E-state index in [1.165, 1.54) is 18.2 Å². The molecule has 2 fully saturated rings. The Kier molecular flexibility index (Phi) is 7.86. The van der Waals surface area contributed by atoms with Crippen LogP contribution in [0.4, 0.5) is 0 Å². The Bertz CT molecular complexity index is 3210. The predicted molar refractivity (Wildman–Crippen MR) is 241 cm³/mol. The molecule has 0 radical (unpaired) electrons. The Labute approximate surface area is 389 Å². The standard InChI is InChI=1S/C54H57N3O2.Pt/c1-32-23-48(55-30-34(32)3)39-24-45(38-13-11-10-12-14-38)37(6)50(25-39)58-41-26-46-43-16-15-36(5)57-52(43)59-51(46)47(27-41)49-28-44(35(4)31-56-49)42-19-22-54(9,29-33(42)2)40-17-20-53(7,8)21-18-40;/h10-16,23-24,26,28,30-31,33,40,42H,17-22,29H2,1-9H3;/q-2;+2/i1D3,3D3,5D3,6D3,40D;. The first-order valence-corrected chi connectivity index (χ1v) is 20.6. The SMILES string of the molecule is [2H]C([2H])([2H])c1ccc2c(n1)oc1c(-c3cc(C4CCC(C)(C5([2H])CCC(C)(C)CC5)CC4C)c(C)cn3)[c-]c(Oc3[c-]c(-c4cc(C([2H])([2H])[2H])c(C([2H])([2H])[2H])cn4)cc(-c4ccccc4)c3C([2H])([2H])[2H])cc12.[Pt+2]. The molecule has 0 bridgehead atoms. The molecular formula is C54H57N3O2Pt. The second-order valence-electron chi connectivity index (χ2n) is 17.9. The number of nitrogens with zero attached hydrogens (tertiary/aromatic N) is 3. The van der Waals surface area contributed by atoms with Crippen LogP contribution in [0.3, 0.4) is 0 Å². The Morgan fingerprint density at radius 1 is 0.817 bits per heavy atom. The molecule has 4 heterocycles. The summed E-state index contributed by atoms with van der Waals surface area (Å²) in [6.45, 7) is 0.274. The number of rotatable bonds is 7. The molecule has 0 amide bonds. The number of aromatic nitrogens is 3. The number of hydrogen-bond acceptors (Lipinski definition) is 5. The summed E-state index contributed by atoms with van der Waals surface area (Å²) in [4.78, 5) is 13.7. The third-order valence-corrected chi connectivity index (χ3v) is 13.2. The van der Waals surface area contributed by atoms with Crippen LogP contribution in [0, 0.1) is 69.1 Å². The van der Waals surface area contributed by atoms with Crippen LogP contribution in [0.25, 0.3) is 55.7 Å². The maximum Gasteiger partial charge on any atom is 2.00 e. The first-order chi connectivity index (χ1) is 33.4. The number of benzene rings is 3. The van der Waals surface area contributed by atoms with E-state index in [9.17, 15) is 1.37 Å². The molecule has 3 atom stereocenters. The largest absolute Gasteiger partial charge is 2.00 e. The van der Waals surface area contributed by atoms with Gasteiger partial charge in [0.2, 0.25) is 5.71 Å². The maximum atomic E-state index is 9.78. The molecule has 0 spiro atoms. The summed E-state index contributed by atoms with van der Waals surface area (Å²) in [5.41, 5.74) is 2.95. The smallest absolute Gasteiger partial charge is 0.496 e. The van der Waals surface area contributed by atoms with Crippen molar-refractivity contribution in [3.63, 3.8) is 0 Å². The van der Waals surface area contributed by atoms with Gasteiger partial charge in [0.25, 0.3) is 0 Å². The fourth-order valence-electron chi connectivity index (χ4n) is 9.65. The summed E-state index contributed by atoms with van der Waals surface area (Å²) in [6.07, 6.45) is 9.38. The van der Waals surface area contributed by atoms with E-state index < -0.39 is 44.4 Å². The molecule has 2 aliphatic rings. The summed E-state index contributed by atoms with van der Waals surface area (Å²) in [5.74, 6) is -0.325. The van der Waals surface area contributed by atoms with Crippen molar-refractivity contribution in [2.75, 3.05) is 0 Å². The second-order valence-corrected chi connectivity index (χ2v) is 17.9. The summed E-state index contributed by atoms with van der Waals surface area (Å²) in [7, 11) is 0. The van der Waals surface area contributed by atoms with E-state index in [0.29, 0.717) is 33.2 Å². The van der Waals surface area contributed by atoms with Gasteiger partial charge in [0.05, 0.1) is 5.58 Å². The van der Waals surface area contributed by atoms with Crippen LogP contribution in [0.15, 0.2) is 83.5 Å². The number of fused-ring (bicyclic) bond motifs is 3. The fourth-order valence-corrected chi connectivity index (χ4v) is 9.65. The van der Waals surface area contributed by atoms with Crippen LogP contribution in [-0.2, 0) is 21.1 Å². The van der Waals surface area contributed by atoms with Gasteiger partial charge >= 0.3 is 21.1 Å². The topological polar surface area (TPSA) is 61.0 Å². The first kappa shape index (κ1) is 28.8. The number of hydrogen-bond donors (Lipinski definition) is 0. The quantitative estimate of drug-likeness (QED) is 0.149. The van der Waals surface area contributed by atoms with Gasteiger partial charge in [-0.3, -0.25) is 0 Å². The third-order valence-electron chi connectivity index (χ3n) is 13.2. The van der Waals surface area contributed by atoms with E-state index in [1.54, 1.807) is 42.5 Å². The molecule has 310 valence electrons. The van der Waals surface area contributed by atoms with E-state index in [0.717, 1.165) is 62.3 Å². The molecule has 5 nitrogen and oxygen atoms in total. The van der Waals surface area contributed by atoms with E-state index in [2.05, 4.69) is 49.8 Å². The molecule has 4 aromatic heterocycles. The van der Waals surface area contributed by atoms with Crippen molar-refractivity contribution in [3.8, 4) is 45.1 Å². The van der Waals surface area contributed by atoms with Gasteiger partial charge in [0.15, 0.2) is 0 Å². The minimum absolute atomic E-state index is 0. The molecule has 0 saturated heterocycles. The fraction of sp³-hybridized carbons (Fsp3) is 0.389. The third kappa shape index (κ3) is 8.00. The van der Waals surface area contributed by atoms with Crippen molar-refractivity contribution in [2.45, 2.75) is 113 Å². The molecule has 60 heavy (non-hydrogen) atoms. The van der Waals surface area contributed by atoms with E-state index in [1.807, 2.05) is 19.2 Å². The molecule has 2 aliphatic carbocycles. The normalized spacial score (nSPS) is 25.2. The average molecular weight is 988 g/mol. The van der Waals surface area contributed by atoms with Crippen molar-refractivity contribution in [2.24, 2.45) is 22.6 Å². The van der Waals surface area contributed by atoms with E-state index in [-0.39, 0.29) is 89.0 Å². The van der Waals surface area contributed by atoms with Crippen LogP contribution in [0.2, 0.25) is 0 Å². The summed E-state index contributed by atoms with van der Waals surface area (Å²) in [6, 6.07) is 24.5. The number of aryl methyl sites for hydroxylation is 4. The maximum absolute atomic E-state index is 9.78. The zero-order valence-corrected chi connectivity index (χ0v) is 36.9. The minimum Gasteiger partial charge on any atom is -0.496 e. The van der Waals surface area contributed by atoms with Gasteiger partial charge in [0, 0.05) is 52.8 Å². The molecule has 9 rings (SSSR count). The Hall–Kier alpha value is -4.60. The molecule has 6 heteroatoms. The zero-order chi connectivity index (χ0) is 52.1. The molecule has 3 unspecified atom stereocenters. The van der Waals surface area contributed by atoms with Gasteiger partial charge in [-0.15, -0.1) is 11.6 Å². The summed E-state index contributed by atoms with van der Waals surface area (Å²) < 4.78 is 123. The van der Waals surface area contributed by atoms with Crippen LogP contribution in [0.1, 0.15) is 130 Å². The molecule has 3 aromatic carbocycles. The van der Waals surface area contributed by atoms with Crippen molar-refractivity contribution in [3.05, 3.63) is 125 Å². The Morgan fingerprint density at radius 2 is 1.60 bits per heavy atom. The van der Waals surface area contributed by atoms with Gasteiger partial charge in [-0.2, -0.15) is 0 Å². The monoisotopic (exact) mass is 987 g/mol. The van der Waals surface area contributed by atoms with Crippen LogP contribution < -0.4 is 4.74 Å². The molecule has 0 N–H and O–H groups in total. The molecule has 2 saturated carbocycles. The molecular weight excluding hydrogens is 918 g/mol. The van der Waals surface area contributed by atoms with Crippen molar-refractivity contribution in [1.29, 1.82) is 0 Å². The number of pyridine rings is 3. The Morgan fingerprint density at radius 3 is 2.35 bits per heavy atom. The average Bonchev–Trinajstić information content (AvgIpc) is 3.67.